The van der Waals surface area contributed by atoms with Crippen molar-refractivity contribution >= 4 is 15.9 Å². The maximum atomic E-state index is 12.2. The second-order valence-electron chi connectivity index (χ2n) is 5.68. The van der Waals surface area contributed by atoms with Gasteiger partial charge in [-0.1, -0.05) is 17.7 Å². The predicted molar refractivity (Wildman–Crippen MR) is 91.0 cm³/mol. The molecule has 1 aromatic carbocycles. The number of fused-ring (bicyclic) bond motifs is 1. The van der Waals surface area contributed by atoms with Crippen molar-refractivity contribution in [1.82, 2.24) is 4.98 Å². The van der Waals surface area contributed by atoms with E-state index in [9.17, 15) is 8.42 Å². The summed E-state index contributed by atoms with van der Waals surface area (Å²) in [5.74, 6) is 1.60. The normalized spacial score (nSPS) is 13.8. The van der Waals surface area contributed by atoms with E-state index in [1.165, 1.54) is 0 Å². The molecular formula is C17H20N2O4S. The Bertz CT molecular complexity index is 819. The maximum Gasteiger partial charge on any atom is 0.297 e. The Balaban J connectivity index is 1.61. The van der Waals surface area contributed by atoms with Crippen molar-refractivity contribution in [3.8, 4) is 5.75 Å². The van der Waals surface area contributed by atoms with E-state index in [-0.39, 0.29) is 11.5 Å². The molecule has 0 unspecified atom stereocenters. The lowest BCUT2D eigenvalue weighted by Crippen LogP contribution is -2.27. The number of pyridine rings is 1. The lowest BCUT2D eigenvalue weighted by molar-refractivity contribution is 0.324. The molecule has 1 aliphatic heterocycles. The fourth-order valence-electron chi connectivity index (χ4n) is 2.67. The van der Waals surface area contributed by atoms with Gasteiger partial charge in [0.05, 0.1) is 24.8 Å². The number of ether oxygens (including phenoxy) is 1. The number of rotatable bonds is 6. The van der Waals surface area contributed by atoms with Gasteiger partial charge in [0.2, 0.25) is 0 Å². The first kappa shape index (κ1) is 16.7. The summed E-state index contributed by atoms with van der Waals surface area (Å²) >= 11 is 0. The molecule has 0 bridgehead atoms. The smallest absolute Gasteiger partial charge is 0.297 e. The predicted octanol–water partition coefficient (Wildman–Crippen LogP) is 2.17. The highest BCUT2D eigenvalue weighted by Crippen LogP contribution is 2.28. The van der Waals surface area contributed by atoms with Crippen molar-refractivity contribution in [3.63, 3.8) is 0 Å². The quantitative estimate of drug-likeness (QED) is 0.745. The van der Waals surface area contributed by atoms with Crippen molar-refractivity contribution in [1.29, 1.82) is 0 Å². The molecule has 3 rings (SSSR count). The van der Waals surface area contributed by atoms with Crippen LogP contribution in [0.1, 0.15) is 11.1 Å². The Labute approximate surface area is 142 Å². The van der Waals surface area contributed by atoms with Crippen LogP contribution in [0.15, 0.2) is 41.4 Å². The molecular weight excluding hydrogens is 328 g/mol. The summed E-state index contributed by atoms with van der Waals surface area (Å²) in [5, 5.41) is 0. The number of hydrogen-bond acceptors (Lipinski definition) is 6. The minimum Gasteiger partial charge on any atom is -0.495 e. The summed E-state index contributed by atoms with van der Waals surface area (Å²) in [5.41, 5.74) is 2.11. The van der Waals surface area contributed by atoms with Gasteiger partial charge < -0.3 is 9.64 Å². The molecule has 24 heavy (non-hydrogen) atoms. The van der Waals surface area contributed by atoms with Gasteiger partial charge >= 0.3 is 0 Å². The first-order valence-electron chi connectivity index (χ1n) is 7.73. The van der Waals surface area contributed by atoms with E-state index in [1.54, 1.807) is 37.6 Å². The second kappa shape index (κ2) is 6.78. The zero-order chi connectivity index (χ0) is 17.2. The molecule has 6 nitrogen and oxygen atoms in total. The number of nitrogens with zero attached hydrogens (tertiary/aromatic N) is 2. The van der Waals surface area contributed by atoms with Crippen LogP contribution in [0.4, 0.5) is 5.82 Å². The number of benzene rings is 1. The van der Waals surface area contributed by atoms with E-state index in [2.05, 4.69) is 4.98 Å². The zero-order valence-electron chi connectivity index (χ0n) is 13.7. The Morgan fingerprint density at radius 2 is 2.00 bits per heavy atom. The Morgan fingerprint density at radius 3 is 2.71 bits per heavy atom. The van der Waals surface area contributed by atoms with Crippen LogP contribution < -0.4 is 9.64 Å². The van der Waals surface area contributed by atoms with Crippen LogP contribution in [0, 0.1) is 6.92 Å². The number of aromatic nitrogens is 1. The first-order chi connectivity index (χ1) is 11.5. The molecule has 0 saturated heterocycles. The van der Waals surface area contributed by atoms with Crippen LogP contribution in [-0.2, 0) is 20.7 Å². The number of methoxy groups -OCH3 is 1. The fourth-order valence-corrected chi connectivity index (χ4v) is 3.57. The van der Waals surface area contributed by atoms with Crippen molar-refractivity contribution in [2.24, 2.45) is 0 Å². The monoisotopic (exact) mass is 348 g/mol. The Kier molecular flexibility index (Phi) is 4.73. The molecule has 2 aromatic rings. The third-order valence-electron chi connectivity index (χ3n) is 4.01. The average Bonchev–Trinajstić information content (AvgIpc) is 2.97. The molecule has 2 heterocycles. The van der Waals surface area contributed by atoms with Gasteiger partial charge in [0.25, 0.3) is 10.1 Å². The van der Waals surface area contributed by atoms with Gasteiger partial charge in [-0.25, -0.2) is 4.98 Å². The average molecular weight is 348 g/mol. The van der Waals surface area contributed by atoms with Gasteiger partial charge in [-0.3, -0.25) is 4.18 Å². The van der Waals surface area contributed by atoms with Crippen LogP contribution in [0.2, 0.25) is 0 Å². The van der Waals surface area contributed by atoms with Gasteiger partial charge in [0.1, 0.15) is 11.6 Å². The van der Waals surface area contributed by atoms with E-state index in [4.69, 9.17) is 8.92 Å². The van der Waals surface area contributed by atoms with Crippen molar-refractivity contribution in [2.45, 2.75) is 18.2 Å². The molecule has 0 amide bonds. The van der Waals surface area contributed by atoms with E-state index in [0.29, 0.717) is 6.54 Å². The second-order valence-corrected chi connectivity index (χ2v) is 7.30. The van der Waals surface area contributed by atoms with Gasteiger partial charge in [-0.2, -0.15) is 8.42 Å². The van der Waals surface area contributed by atoms with Gasteiger partial charge in [0.15, 0.2) is 0 Å². The van der Waals surface area contributed by atoms with Gasteiger partial charge in [0, 0.05) is 18.7 Å². The zero-order valence-corrected chi connectivity index (χ0v) is 14.5. The lowest BCUT2D eigenvalue weighted by atomic mass is 10.2. The molecule has 0 saturated carbocycles. The van der Waals surface area contributed by atoms with Crippen molar-refractivity contribution in [3.05, 3.63) is 47.7 Å². The molecule has 1 aromatic heterocycles. The fraction of sp³-hybridized carbons (Fsp3) is 0.353. The summed E-state index contributed by atoms with van der Waals surface area (Å²) in [6, 6.07) is 8.59. The molecule has 0 fully saturated rings. The van der Waals surface area contributed by atoms with Crippen LogP contribution in [0.5, 0.6) is 5.75 Å². The van der Waals surface area contributed by atoms with Crippen LogP contribution in [0.25, 0.3) is 0 Å². The topological polar surface area (TPSA) is 68.7 Å². The molecule has 128 valence electrons. The SMILES string of the molecule is COc1cnc2c(c1)CCN2CCOS(=O)(=O)c1ccc(C)cc1. The third-order valence-corrected chi connectivity index (χ3v) is 5.34. The summed E-state index contributed by atoms with van der Waals surface area (Å²) in [6.45, 7) is 3.26. The lowest BCUT2D eigenvalue weighted by Gasteiger charge is -2.18. The van der Waals surface area contributed by atoms with Gasteiger partial charge in [-0.15, -0.1) is 0 Å². The maximum absolute atomic E-state index is 12.2. The minimum absolute atomic E-state index is 0.0867. The van der Waals surface area contributed by atoms with E-state index in [0.717, 1.165) is 35.7 Å². The summed E-state index contributed by atoms with van der Waals surface area (Å²) in [7, 11) is -2.11. The Morgan fingerprint density at radius 1 is 1.25 bits per heavy atom. The third kappa shape index (κ3) is 3.52. The number of anilines is 1. The standard InChI is InChI=1S/C17H20N2O4S/c1-13-3-5-16(6-4-13)24(20,21)23-10-9-19-8-7-14-11-15(22-2)12-18-17(14)19/h3-6,11-12H,7-10H2,1-2H3. The molecule has 7 heteroatoms. The summed E-state index contributed by atoms with van der Waals surface area (Å²) < 4.78 is 34.7. The molecule has 0 spiro atoms. The van der Waals surface area contributed by atoms with E-state index >= 15 is 0 Å². The highest BCUT2D eigenvalue weighted by Gasteiger charge is 2.22. The highest BCUT2D eigenvalue weighted by atomic mass is 32.2. The van der Waals surface area contributed by atoms with Crippen molar-refractivity contribution < 1.29 is 17.3 Å². The van der Waals surface area contributed by atoms with Crippen LogP contribution in [-0.4, -0.2) is 40.2 Å². The molecule has 1 aliphatic rings. The molecule has 0 atom stereocenters. The minimum atomic E-state index is -3.72. The van der Waals surface area contributed by atoms with E-state index < -0.39 is 10.1 Å². The molecule has 0 N–H and O–H groups in total. The van der Waals surface area contributed by atoms with Crippen LogP contribution in [0.3, 0.4) is 0 Å². The van der Waals surface area contributed by atoms with Gasteiger partial charge in [-0.05, 0) is 31.5 Å². The number of hydrogen-bond donors (Lipinski definition) is 0. The van der Waals surface area contributed by atoms with Crippen LogP contribution >= 0.6 is 0 Å². The summed E-state index contributed by atoms with van der Waals surface area (Å²) in [4.78, 5) is 6.60. The highest BCUT2D eigenvalue weighted by molar-refractivity contribution is 7.86. The summed E-state index contributed by atoms with van der Waals surface area (Å²) in [6.07, 6.45) is 2.53. The van der Waals surface area contributed by atoms with E-state index in [1.807, 2.05) is 17.9 Å². The number of aryl methyl sites for hydroxylation is 1. The molecule has 0 radical (unpaired) electrons. The first-order valence-corrected chi connectivity index (χ1v) is 9.14. The Hall–Kier alpha value is -2.12. The molecule has 0 aliphatic carbocycles. The van der Waals surface area contributed by atoms with Crippen molar-refractivity contribution in [2.75, 3.05) is 31.7 Å². The largest absolute Gasteiger partial charge is 0.495 e.